The van der Waals surface area contributed by atoms with E-state index in [4.69, 9.17) is 0 Å². The van der Waals surface area contributed by atoms with E-state index in [0.717, 1.165) is 11.4 Å². The molecular formula is C62H43N. The van der Waals surface area contributed by atoms with Gasteiger partial charge >= 0.3 is 0 Å². The van der Waals surface area contributed by atoms with E-state index >= 15 is 0 Å². The summed E-state index contributed by atoms with van der Waals surface area (Å²) in [7, 11) is 0. The predicted octanol–water partition coefficient (Wildman–Crippen LogP) is 16.3. The summed E-state index contributed by atoms with van der Waals surface area (Å²) in [5, 5.41) is 2.69. The molecule has 0 aromatic heterocycles. The third-order valence-electron chi connectivity index (χ3n) is 14.5. The minimum atomic E-state index is -0.380. The Labute approximate surface area is 369 Å². The van der Waals surface area contributed by atoms with Crippen molar-refractivity contribution in [2.24, 2.45) is 0 Å². The molecule has 0 aliphatic heterocycles. The molecule has 3 aliphatic carbocycles. The SMILES string of the molecule is CC1(C)c2ccccc2-c2cc(-c3ccc(N(c4ccc(-c5ccccc5)cc4)c4cccc5c4-c4ccc(-c6ccccc6)cc4C54c5cccc6cccc4c56)cc3)ccc21. The summed E-state index contributed by atoms with van der Waals surface area (Å²) >= 11 is 0. The van der Waals surface area contributed by atoms with Gasteiger partial charge in [0, 0.05) is 22.4 Å². The van der Waals surface area contributed by atoms with Gasteiger partial charge in [-0.05, 0) is 137 Å². The zero-order chi connectivity index (χ0) is 41.9. The van der Waals surface area contributed by atoms with Crippen LogP contribution in [0.1, 0.15) is 47.2 Å². The third-order valence-corrected chi connectivity index (χ3v) is 14.5. The molecule has 0 bridgehead atoms. The molecule has 0 heterocycles. The highest BCUT2D eigenvalue weighted by Gasteiger charge is 2.54. The summed E-state index contributed by atoms with van der Waals surface area (Å²) in [6, 6.07) is 83.8. The van der Waals surface area contributed by atoms with Gasteiger partial charge in [0.15, 0.2) is 0 Å². The van der Waals surface area contributed by atoms with Gasteiger partial charge in [-0.25, -0.2) is 0 Å². The van der Waals surface area contributed by atoms with Gasteiger partial charge in [0.05, 0.1) is 11.1 Å². The Morgan fingerprint density at radius 1 is 0.317 bits per heavy atom. The molecule has 1 spiro atoms. The quantitative estimate of drug-likeness (QED) is 0.162. The molecular weight excluding hydrogens is 759 g/mol. The normalized spacial score (nSPS) is 14.1. The number of nitrogens with zero attached hydrogens (tertiary/aromatic N) is 1. The highest BCUT2D eigenvalue weighted by Crippen LogP contribution is 2.66. The van der Waals surface area contributed by atoms with E-state index in [1.165, 1.54) is 105 Å². The molecule has 0 atom stereocenters. The summed E-state index contributed by atoms with van der Waals surface area (Å²) < 4.78 is 0. The van der Waals surface area contributed by atoms with Crippen molar-refractivity contribution >= 4 is 27.8 Å². The molecule has 10 aromatic carbocycles. The van der Waals surface area contributed by atoms with Crippen LogP contribution >= 0.6 is 0 Å². The highest BCUT2D eigenvalue weighted by molar-refractivity contribution is 6.08. The topological polar surface area (TPSA) is 3.24 Å². The van der Waals surface area contributed by atoms with Gasteiger partial charge in [0.2, 0.25) is 0 Å². The number of rotatable bonds is 6. The number of benzene rings is 10. The van der Waals surface area contributed by atoms with Crippen molar-refractivity contribution in [1.29, 1.82) is 0 Å². The molecule has 296 valence electrons. The lowest BCUT2D eigenvalue weighted by atomic mass is 9.57. The maximum atomic E-state index is 2.48. The number of hydrogen-bond acceptors (Lipinski definition) is 1. The van der Waals surface area contributed by atoms with Crippen molar-refractivity contribution in [1.82, 2.24) is 0 Å². The minimum Gasteiger partial charge on any atom is -0.310 e. The van der Waals surface area contributed by atoms with Crippen LogP contribution < -0.4 is 4.90 Å². The fourth-order valence-electron chi connectivity index (χ4n) is 11.5. The van der Waals surface area contributed by atoms with Crippen molar-refractivity contribution in [3.05, 3.63) is 258 Å². The Balaban J connectivity index is 1.000. The zero-order valence-electron chi connectivity index (χ0n) is 35.3. The molecule has 0 fully saturated rings. The van der Waals surface area contributed by atoms with Crippen molar-refractivity contribution in [3.8, 4) is 55.6 Å². The van der Waals surface area contributed by atoms with Crippen LogP contribution in [0, 0.1) is 0 Å². The van der Waals surface area contributed by atoms with Crippen molar-refractivity contribution < 1.29 is 0 Å². The van der Waals surface area contributed by atoms with E-state index < -0.39 is 0 Å². The van der Waals surface area contributed by atoms with Crippen LogP contribution in [0.15, 0.2) is 224 Å². The van der Waals surface area contributed by atoms with E-state index in [1.54, 1.807) is 0 Å². The Bertz CT molecular complexity index is 3410. The van der Waals surface area contributed by atoms with Gasteiger partial charge in [-0.2, -0.15) is 0 Å². The molecule has 1 heteroatoms. The molecule has 1 nitrogen and oxygen atoms in total. The third kappa shape index (κ3) is 5.05. The van der Waals surface area contributed by atoms with E-state index in [1.807, 2.05) is 0 Å². The van der Waals surface area contributed by atoms with Crippen LogP contribution in [-0.4, -0.2) is 0 Å². The number of fused-ring (bicyclic) bond motifs is 10. The van der Waals surface area contributed by atoms with Gasteiger partial charge in [0.25, 0.3) is 0 Å². The maximum Gasteiger partial charge on any atom is 0.0726 e. The lowest BCUT2D eigenvalue weighted by molar-refractivity contribution is 0.660. The van der Waals surface area contributed by atoms with Crippen molar-refractivity contribution in [2.75, 3.05) is 4.90 Å². The predicted molar refractivity (Wildman–Crippen MR) is 263 cm³/mol. The molecule has 0 amide bonds. The summed E-state index contributed by atoms with van der Waals surface area (Å²) in [6.45, 7) is 4.69. The van der Waals surface area contributed by atoms with E-state index in [9.17, 15) is 0 Å². The molecule has 0 saturated carbocycles. The van der Waals surface area contributed by atoms with E-state index in [-0.39, 0.29) is 10.8 Å². The summed E-state index contributed by atoms with van der Waals surface area (Å²) in [5.41, 5.74) is 23.9. The largest absolute Gasteiger partial charge is 0.310 e. The highest BCUT2D eigenvalue weighted by atomic mass is 15.1. The van der Waals surface area contributed by atoms with Gasteiger partial charge in [-0.15, -0.1) is 0 Å². The van der Waals surface area contributed by atoms with E-state index in [0.29, 0.717) is 0 Å². The first kappa shape index (κ1) is 36.0. The van der Waals surface area contributed by atoms with Crippen LogP contribution in [0.25, 0.3) is 66.4 Å². The van der Waals surface area contributed by atoms with Gasteiger partial charge in [0.1, 0.15) is 0 Å². The Morgan fingerprint density at radius 3 is 1.49 bits per heavy atom. The molecule has 0 saturated heterocycles. The number of hydrogen-bond donors (Lipinski definition) is 0. The lowest BCUT2D eigenvalue weighted by Gasteiger charge is -2.43. The number of anilines is 3. The molecule has 3 aliphatic rings. The second-order valence-corrected chi connectivity index (χ2v) is 18.0. The fraction of sp³-hybridized carbons (Fsp3) is 0.0645. The Hall–Kier alpha value is -7.74. The average molecular weight is 802 g/mol. The van der Waals surface area contributed by atoms with Crippen LogP contribution in [0.3, 0.4) is 0 Å². The molecule has 13 rings (SSSR count). The zero-order valence-corrected chi connectivity index (χ0v) is 35.3. The summed E-state index contributed by atoms with van der Waals surface area (Å²) in [6.07, 6.45) is 0. The first-order valence-electron chi connectivity index (χ1n) is 22.2. The molecule has 0 radical (unpaired) electrons. The molecule has 63 heavy (non-hydrogen) atoms. The first-order valence-corrected chi connectivity index (χ1v) is 22.2. The second-order valence-electron chi connectivity index (χ2n) is 18.0. The second kappa shape index (κ2) is 13.4. The van der Waals surface area contributed by atoms with Crippen LogP contribution in [0.5, 0.6) is 0 Å². The summed E-state index contributed by atoms with van der Waals surface area (Å²) in [4.78, 5) is 2.48. The smallest absolute Gasteiger partial charge is 0.0726 e. The van der Waals surface area contributed by atoms with E-state index in [2.05, 4.69) is 243 Å². The lowest BCUT2D eigenvalue weighted by Crippen LogP contribution is -2.36. The molecule has 0 N–H and O–H groups in total. The maximum absolute atomic E-state index is 2.48. The van der Waals surface area contributed by atoms with Gasteiger partial charge < -0.3 is 4.90 Å². The molecule has 10 aromatic rings. The standard InChI is InChI=1S/C62H43N/c1-61(2)52-21-10-9-20-49(52)51-38-45(31-37-53(51)61)43-28-34-48(35-29-43)63(47-32-26-42(27-33-47)40-14-5-3-6-15-40)58-25-13-24-56-60(58)50-36-30-46(41-16-7-4-8-17-41)39-57(50)62(56)54-22-11-18-44-19-12-23-55(62)59(44)54/h3-39H,1-2H3. The van der Waals surface area contributed by atoms with Gasteiger partial charge in [-0.1, -0.05) is 196 Å². The first-order chi connectivity index (χ1) is 31.0. The van der Waals surface area contributed by atoms with Crippen LogP contribution in [0.2, 0.25) is 0 Å². The van der Waals surface area contributed by atoms with Gasteiger partial charge in [-0.3, -0.25) is 0 Å². The fourth-order valence-corrected chi connectivity index (χ4v) is 11.5. The monoisotopic (exact) mass is 801 g/mol. The average Bonchev–Trinajstić information content (AvgIpc) is 3.79. The van der Waals surface area contributed by atoms with Crippen LogP contribution in [0.4, 0.5) is 17.1 Å². The minimum absolute atomic E-state index is 0.0186. The summed E-state index contributed by atoms with van der Waals surface area (Å²) in [5.74, 6) is 0. The van der Waals surface area contributed by atoms with Crippen LogP contribution in [-0.2, 0) is 10.8 Å². The Kier molecular flexibility index (Phi) is 7.64. The van der Waals surface area contributed by atoms with Crippen molar-refractivity contribution in [3.63, 3.8) is 0 Å². The Morgan fingerprint density at radius 2 is 0.810 bits per heavy atom. The van der Waals surface area contributed by atoms with Crippen molar-refractivity contribution in [2.45, 2.75) is 24.7 Å². The molecule has 0 unspecified atom stereocenters.